The molecule has 0 unspecified atom stereocenters. The van der Waals surface area contributed by atoms with E-state index in [4.69, 9.17) is 10.8 Å². The molecule has 0 bridgehead atoms. The summed E-state index contributed by atoms with van der Waals surface area (Å²) in [7, 11) is 0. The highest BCUT2D eigenvalue weighted by Gasteiger charge is 2.19. The number of aliphatic hydroxyl groups is 1. The number of nitrogens with zero attached hydrogens (tertiary/aromatic N) is 3. The van der Waals surface area contributed by atoms with Crippen LogP contribution >= 0.6 is 0 Å². The van der Waals surface area contributed by atoms with E-state index in [9.17, 15) is 4.79 Å². The third-order valence-electron chi connectivity index (χ3n) is 3.36. The molecule has 104 valence electrons. The Morgan fingerprint density at radius 2 is 2.21 bits per heavy atom. The summed E-state index contributed by atoms with van der Waals surface area (Å²) in [5.74, 6) is 0.223. The van der Waals surface area contributed by atoms with Crippen LogP contribution in [-0.4, -0.2) is 60.2 Å². The van der Waals surface area contributed by atoms with Gasteiger partial charge in [0.05, 0.1) is 12.2 Å². The third kappa shape index (κ3) is 3.42. The van der Waals surface area contributed by atoms with E-state index in [-0.39, 0.29) is 6.61 Å². The highest BCUT2D eigenvalue weighted by atomic mass is 16.3. The topological polar surface area (TPSA) is 82.7 Å². The molecule has 0 aliphatic carbocycles. The second-order valence-electron chi connectivity index (χ2n) is 4.64. The lowest BCUT2D eigenvalue weighted by molar-refractivity contribution is 0.100. The Kier molecular flexibility index (Phi) is 4.70. The lowest BCUT2D eigenvalue weighted by Crippen LogP contribution is -2.33. The zero-order valence-corrected chi connectivity index (χ0v) is 11.0. The second-order valence-corrected chi connectivity index (χ2v) is 4.64. The summed E-state index contributed by atoms with van der Waals surface area (Å²) in [6.07, 6.45) is 2.66. The van der Waals surface area contributed by atoms with E-state index in [1.54, 1.807) is 18.3 Å². The van der Waals surface area contributed by atoms with E-state index in [0.29, 0.717) is 17.9 Å². The molecule has 0 aromatic carbocycles. The normalized spacial score (nSPS) is 17.2. The van der Waals surface area contributed by atoms with Gasteiger partial charge in [-0.1, -0.05) is 0 Å². The second kappa shape index (κ2) is 6.49. The molecule has 2 heterocycles. The van der Waals surface area contributed by atoms with E-state index in [2.05, 4.69) is 14.8 Å². The number of amides is 1. The molecule has 1 aliphatic heterocycles. The van der Waals surface area contributed by atoms with Crippen molar-refractivity contribution in [1.82, 2.24) is 9.88 Å². The number of primary amides is 1. The van der Waals surface area contributed by atoms with Crippen molar-refractivity contribution in [2.75, 3.05) is 44.2 Å². The average Bonchev–Trinajstić information content (AvgIpc) is 2.65. The van der Waals surface area contributed by atoms with Crippen molar-refractivity contribution in [2.45, 2.75) is 6.42 Å². The maximum Gasteiger partial charge on any atom is 0.252 e. The monoisotopic (exact) mass is 264 g/mol. The molecule has 3 N–H and O–H groups in total. The fourth-order valence-electron chi connectivity index (χ4n) is 2.39. The molecule has 1 amide bonds. The van der Waals surface area contributed by atoms with Crippen molar-refractivity contribution in [3.05, 3.63) is 23.9 Å². The van der Waals surface area contributed by atoms with Crippen LogP contribution < -0.4 is 10.6 Å². The first-order valence-corrected chi connectivity index (χ1v) is 6.55. The van der Waals surface area contributed by atoms with E-state index in [0.717, 1.165) is 32.6 Å². The molecule has 1 saturated heterocycles. The van der Waals surface area contributed by atoms with Crippen molar-refractivity contribution >= 4 is 11.7 Å². The first-order valence-electron chi connectivity index (χ1n) is 6.55. The van der Waals surface area contributed by atoms with Crippen LogP contribution in [0.2, 0.25) is 0 Å². The summed E-state index contributed by atoms with van der Waals surface area (Å²) < 4.78 is 0. The Bertz CT molecular complexity index is 438. The fraction of sp³-hybridized carbons (Fsp3) is 0.538. The molecule has 0 atom stereocenters. The first kappa shape index (κ1) is 13.8. The van der Waals surface area contributed by atoms with Crippen LogP contribution in [-0.2, 0) is 0 Å². The predicted octanol–water partition coefficient (Wildman–Crippen LogP) is -0.315. The Labute approximate surface area is 112 Å². The summed E-state index contributed by atoms with van der Waals surface area (Å²) in [6, 6.07) is 3.43. The van der Waals surface area contributed by atoms with E-state index in [1.165, 1.54) is 0 Å². The number of carbonyl (C=O) groups excluding carboxylic acids is 1. The summed E-state index contributed by atoms with van der Waals surface area (Å²) in [5.41, 5.74) is 5.86. The Morgan fingerprint density at radius 3 is 2.95 bits per heavy atom. The minimum Gasteiger partial charge on any atom is -0.395 e. The van der Waals surface area contributed by atoms with Crippen molar-refractivity contribution in [3.63, 3.8) is 0 Å². The molecule has 6 nitrogen and oxygen atoms in total. The predicted molar refractivity (Wildman–Crippen MR) is 73.1 cm³/mol. The Balaban J connectivity index is 2.12. The SMILES string of the molecule is NC(=O)c1cccnc1N1CCCN(CCO)CC1. The molecule has 1 aromatic heterocycles. The molecule has 1 aliphatic rings. The zero-order valence-electron chi connectivity index (χ0n) is 11.0. The zero-order chi connectivity index (χ0) is 13.7. The van der Waals surface area contributed by atoms with Gasteiger partial charge in [0, 0.05) is 32.4 Å². The number of aromatic nitrogens is 1. The van der Waals surface area contributed by atoms with Crippen LogP contribution in [0.3, 0.4) is 0 Å². The number of hydrogen-bond acceptors (Lipinski definition) is 5. The number of rotatable bonds is 4. The fourth-order valence-corrected chi connectivity index (χ4v) is 2.39. The summed E-state index contributed by atoms with van der Waals surface area (Å²) >= 11 is 0. The van der Waals surface area contributed by atoms with E-state index < -0.39 is 5.91 Å². The molecule has 1 aromatic rings. The van der Waals surface area contributed by atoms with Gasteiger partial charge in [0.15, 0.2) is 0 Å². The van der Waals surface area contributed by atoms with Crippen molar-refractivity contribution < 1.29 is 9.90 Å². The minimum atomic E-state index is -0.445. The molecule has 19 heavy (non-hydrogen) atoms. The summed E-state index contributed by atoms with van der Waals surface area (Å²) in [6.45, 7) is 4.32. The number of β-amino-alcohol motifs (C(OH)–C–C–N with tert-alkyl or cyclic N) is 1. The van der Waals surface area contributed by atoms with Crippen LogP contribution in [0.25, 0.3) is 0 Å². The largest absolute Gasteiger partial charge is 0.395 e. The van der Waals surface area contributed by atoms with Gasteiger partial charge in [0.1, 0.15) is 5.82 Å². The van der Waals surface area contributed by atoms with Crippen LogP contribution in [0.15, 0.2) is 18.3 Å². The smallest absolute Gasteiger partial charge is 0.252 e. The third-order valence-corrected chi connectivity index (χ3v) is 3.36. The Morgan fingerprint density at radius 1 is 1.37 bits per heavy atom. The van der Waals surface area contributed by atoms with Crippen LogP contribution in [0.4, 0.5) is 5.82 Å². The highest BCUT2D eigenvalue weighted by Crippen LogP contribution is 2.18. The average molecular weight is 264 g/mol. The van der Waals surface area contributed by atoms with Gasteiger partial charge in [-0.15, -0.1) is 0 Å². The molecule has 1 fully saturated rings. The van der Waals surface area contributed by atoms with Crippen LogP contribution in [0.5, 0.6) is 0 Å². The molecule has 0 radical (unpaired) electrons. The van der Waals surface area contributed by atoms with Gasteiger partial charge in [-0.05, 0) is 25.1 Å². The van der Waals surface area contributed by atoms with Gasteiger partial charge < -0.3 is 15.7 Å². The summed E-state index contributed by atoms with van der Waals surface area (Å²) in [5, 5.41) is 8.98. The van der Waals surface area contributed by atoms with Crippen LogP contribution in [0.1, 0.15) is 16.8 Å². The number of carbonyl (C=O) groups is 1. The maximum absolute atomic E-state index is 11.4. The molecular weight excluding hydrogens is 244 g/mol. The lowest BCUT2D eigenvalue weighted by Gasteiger charge is -2.23. The molecular formula is C13H20N4O2. The Hall–Kier alpha value is -1.66. The molecule has 0 saturated carbocycles. The van der Waals surface area contributed by atoms with E-state index >= 15 is 0 Å². The van der Waals surface area contributed by atoms with Crippen molar-refractivity contribution in [2.24, 2.45) is 5.73 Å². The number of aliphatic hydroxyl groups excluding tert-OH is 1. The quantitative estimate of drug-likeness (QED) is 0.779. The number of anilines is 1. The lowest BCUT2D eigenvalue weighted by atomic mass is 10.2. The molecule has 2 rings (SSSR count). The van der Waals surface area contributed by atoms with Gasteiger partial charge in [0.25, 0.3) is 5.91 Å². The van der Waals surface area contributed by atoms with Gasteiger partial charge in [0.2, 0.25) is 0 Å². The summed E-state index contributed by atoms with van der Waals surface area (Å²) in [4.78, 5) is 20.0. The maximum atomic E-state index is 11.4. The van der Waals surface area contributed by atoms with Gasteiger partial charge in [-0.25, -0.2) is 4.98 Å². The van der Waals surface area contributed by atoms with Gasteiger partial charge in [-0.2, -0.15) is 0 Å². The number of hydrogen-bond donors (Lipinski definition) is 2. The minimum absolute atomic E-state index is 0.177. The first-order chi connectivity index (χ1) is 9.22. The standard InChI is InChI=1S/C13H20N4O2/c14-12(19)11-3-1-4-15-13(11)17-6-2-5-16(7-8-17)9-10-18/h1,3-4,18H,2,5-10H2,(H2,14,19). The van der Waals surface area contributed by atoms with Crippen LogP contribution in [0, 0.1) is 0 Å². The van der Waals surface area contributed by atoms with Gasteiger partial charge >= 0.3 is 0 Å². The highest BCUT2D eigenvalue weighted by molar-refractivity contribution is 5.97. The number of nitrogens with two attached hydrogens (primary N) is 1. The van der Waals surface area contributed by atoms with E-state index in [1.807, 2.05) is 0 Å². The van der Waals surface area contributed by atoms with Gasteiger partial charge in [-0.3, -0.25) is 9.69 Å². The van der Waals surface area contributed by atoms with Crippen molar-refractivity contribution in [3.8, 4) is 0 Å². The molecule has 6 heteroatoms. The van der Waals surface area contributed by atoms with Crippen molar-refractivity contribution in [1.29, 1.82) is 0 Å². The number of pyridine rings is 1. The molecule has 0 spiro atoms.